The van der Waals surface area contributed by atoms with Crippen LogP contribution in [0.1, 0.15) is 36.8 Å². The predicted octanol–water partition coefficient (Wildman–Crippen LogP) is 4.01. The number of benzene rings is 2. The number of halogens is 1. The molecule has 170 valence electrons. The highest BCUT2D eigenvalue weighted by Crippen LogP contribution is 2.45. The van der Waals surface area contributed by atoms with E-state index in [1.165, 1.54) is 17.7 Å². The van der Waals surface area contributed by atoms with Gasteiger partial charge in [-0.25, -0.2) is 9.18 Å². The van der Waals surface area contributed by atoms with Gasteiger partial charge < -0.3 is 9.30 Å². The van der Waals surface area contributed by atoms with Gasteiger partial charge in [0.05, 0.1) is 34.4 Å². The lowest BCUT2D eigenvalue weighted by molar-refractivity contribution is -0.00855. The first-order valence-electron chi connectivity index (χ1n) is 10.9. The zero-order valence-corrected chi connectivity index (χ0v) is 19.3. The van der Waals surface area contributed by atoms with Gasteiger partial charge in [0.15, 0.2) is 0 Å². The lowest BCUT2D eigenvalue weighted by Crippen LogP contribution is -2.40. The van der Waals surface area contributed by atoms with Gasteiger partial charge in [0.2, 0.25) is 0 Å². The Labute approximate surface area is 190 Å². The van der Waals surface area contributed by atoms with Crippen LogP contribution in [-0.2, 0) is 24.4 Å². The molecule has 0 bridgehead atoms. The van der Waals surface area contributed by atoms with Crippen molar-refractivity contribution in [1.29, 1.82) is 0 Å². The summed E-state index contributed by atoms with van der Waals surface area (Å²) in [5.74, 6) is -0.395. The molecular formula is C26H26FN3O3. The first-order valence-corrected chi connectivity index (χ1v) is 10.9. The second kappa shape index (κ2) is 7.28. The molecule has 7 heteroatoms. The minimum Gasteiger partial charge on any atom is -0.365 e. The Hall–Kier alpha value is -3.45. The van der Waals surface area contributed by atoms with E-state index in [9.17, 15) is 14.0 Å². The Bertz CT molecular complexity index is 1520. The third kappa shape index (κ3) is 3.03. The summed E-state index contributed by atoms with van der Waals surface area (Å²) in [5, 5.41) is 0.429. The van der Waals surface area contributed by atoms with Crippen LogP contribution in [0, 0.1) is 12.7 Å². The second-order valence-electron chi connectivity index (χ2n) is 9.39. The molecule has 1 aliphatic heterocycles. The normalized spacial score (nSPS) is 17.3. The molecule has 0 spiro atoms. The van der Waals surface area contributed by atoms with E-state index in [2.05, 4.69) is 4.57 Å². The van der Waals surface area contributed by atoms with Crippen molar-refractivity contribution in [2.75, 3.05) is 6.61 Å². The topological polar surface area (TPSA) is 58.2 Å². The summed E-state index contributed by atoms with van der Waals surface area (Å²) in [5.41, 5.74) is 2.76. The van der Waals surface area contributed by atoms with E-state index in [0.717, 1.165) is 15.7 Å². The molecule has 2 aromatic carbocycles. The monoisotopic (exact) mass is 447 g/mol. The summed E-state index contributed by atoms with van der Waals surface area (Å²) in [4.78, 5) is 26.5. The zero-order chi connectivity index (χ0) is 23.7. The van der Waals surface area contributed by atoms with E-state index in [1.807, 2.05) is 45.0 Å². The summed E-state index contributed by atoms with van der Waals surface area (Å²) in [6.45, 7) is 6.36. The van der Waals surface area contributed by atoms with Crippen LogP contribution in [0.15, 0.2) is 58.1 Å². The number of ether oxygens (including phenoxy) is 1. The summed E-state index contributed by atoms with van der Waals surface area (Å²) in [6, 6.07) is 14.4. The third-order valence-corrected chi connectivity index (χ3v) is 6.58. The lowest BCUT2D eigenvalue weighted by atomic mass is 9.97. The number of rotatable bonds is 2. The number of hydrogen-bond acceptors (Lipinski definition) is 3. The smallest absolute Gasteiger partial charge is 0.331 e. The molecule has 0 fully saturated rings. The average Bonchev–Trinajstić information content (AvgIpc) is 3.15. The van der Waals surface area contributed by atoms with Gasteiger partial charge in [-0.2, -0.15) is 0 Å². The first kappa shape index (κ1) is 21.4. The van der Waals surface area contributed by atoms with Gasteiger partial charge in [0.1, 0.15) is 11.9 Å². The molecule has 1 aliphatic rings. The summed E-state index contributed by atoms with van der Waals surface area (Å²) >= 11 is 0. The first-order chi connectivity index (χ1) is 15.6. The Morgan fingerprint density at radius 1 is 1.00 bits per heavy atom. The van der Waals surface area contributed by atoms with E-state index in [0.29, 0.717) is 34.5 Å². The molecule has 0 aliphatic carbocycles. The Balaban J connectivity index is 2.03. The maximum atomic E-state index is 14.9. The number of hydrogen-bond donors (Lipinski definition) is 0. The van der Waals surface area contributed by atoms with Gasteiger partial charge in [-0.1, -0.05) is 48.0 Å². The Morgan fingerprint density at radius 3 is 2.33 bits per heavy atom. The summed E-state index contributed by atoms with van der Waals surface area (Å²) < 4.78 is 25.8. The molecule has 6 nitrogen and oxygen atoms in total. The number of fused-ring (bicyclic) bond motifs is 3. The van der Waals surface area contributed by atoms with Crippen LogP contribution in [0.3, 0.4) is 0 Å². The van der Waals surface area contributed by atoms with Crippen LogP contribution < -0.4 is 11.2 Å². The molecule has 1 unspecified atom stereocenters. The Kier molecular flexibility index (Phi) is 4.72. The molecule has 0 saturated carbocycles. The molecule has 0 N–H and O–H groups in total. The predicted molar refractivity (Wildman–Crippen MR) is 126 cm³/mol. The van der Waals surface area contributed by atoms with Crippen molar-refractivity contribution in [3.05, 3.63) is 92.0 Å². The van der Waals surface area contributed by atoms with Crippen molar-refractivity contribution in [2.45, 2.75) is 32.4 Å². The van der Waals surface area contributed by atoms with E-state index in [-0.39, 0.29) is 5.56 Å². The molecule has 0 amide bonds. The average molecular weight is 448 g/mol. The molecule has 0 radical (unpaired) electrons. The Morgan fingerprint density at radius 2 is 1.67 bits per heavy atom. The third-order valence-electron chi connectivity index (χ3n) is 6.58. The number of aryl methyl sites for hydroxylation is 2. The minimum atomic E-state index is -0.765. The van der Waals surface area contributed by atoms with Crippen LogP contribution in [0.25, 0.3) is 22.2 Å². The largest absolute Gasteiger partial charge is 0.365 e. The van der Waals surface area contributed by atoms with E-state index < -0.39 is 23.1 Å². The van der Waals surface area contributed by atoms with Gasteiger partial charge in [-0.15, -0.1) is 0 Å². The van der Waals surface area contributed by atoms with Gasteiger partial charge in [0.25, 0.3) is 5.56 Å². The van der Waals surface area contributed by atoms with Gasteiger partial charge in [-0.3, -0.25) is 13.9 Å². The highest BCUT2D eigenvalue weighted by Gasteiger charge is 2.41. The highest BCUT2D eigenvalue weighted by molar-refractivity contribution is 5.96. The quantitative estimate of drug-likeness (QED) is 0.467. The van der Waals surface area contributed by atoms with Crippen molar-refractivity contribution in [3.8, 4) is 11.3 Å². The molecule has 2 aromatic heterocycles. The molecule has 5 rings (SSSR count). The fourth-order valence-corrected chi connectivity index (χ4v) is 4.91. The van der Waals surface area contributed by atoms with Gasteiger partial charge >= 0.3 is 5.69 Å². The lowest BCUT2D eigenvalue weighted by Gasteiger charge is -2.39. The van der Waals surface area contributed by atoms with Crippen molar-refractivity contribution >= 4 is 10.9 Å². The highest BCUT2D eigenvalue weighted by atomic mass is 19.1. The summed E-state index contributed by atoms with van der Waals surface area (Å²) in [7, 11) is 3.12. The second-order valence-corrected chi connectivity index (χ2v) is 9.39. The number of aromatic nitrogens is 3. The van der Waals surface area contributed by atoms with E-state index in [1.54, 1.807) is 25.2 Å². The minimum absolute atomic E-state index is 0.313. The van der Waals surface area contributed by atoms with E-state index >= 15 is 0 Å². The standard InChI is InChI=1S/C26H26FN3O3/c1-15-10-12-16(13-11-15)20-19-21(28(4)25(32)29(5)24(19)31)22-23(17-8-6-7-9-18(17)27)33-14-26(2,3)30(20)22/h6-13,23H,14H2,1-5H3. The molecule has 4 aromatic rings. The van der Waals surface area contributed by atoms with Crippen molar-refractivity contribution in [3.63, 3.8) is 0 Å². The fraction of sp³-hybridized carbons (Fsp3) is 0.308. The molecule has 0 saturated heterocycles. The van der Waals surface area contributed by atoms with Crippen LogP contribution in [0.2, 0.25) is 0 Å². The zero-order valence-electron chi connectivity index (χ0n) is 19.3. The molecule has 33 heavy (non-hydrogen) atoms. The van der Waals surface area contributed by atoms with Crippen LogP contribution >= 0.6 is 0 Å². The number of nitrogens with zero attached hydrogens (tertiary/aromatic N) is 3. The summed E-state index contributed by atoms with van der Waals surface area (Å²) in [6.07, 6.45) is -0.765. The van der Waals surface area contributed by atoms with Crippen molar-refractivity contribution in [2.24, 2.45) is 14.1 Å². The van der Waals surface area contributed by atoms with Crippen LogP contribution in [-0.4, -0.2) is 20.3 Å². The maximum absolute atomic E-state index is 14.9. The molecular weight excluding hydrogens is 421 g/mol. The maximum Gasteiger partial charge on any atom is 0.331 e. The van der Waals surface area contributed by atoms with Gasteiger partial charge in [0, 0.05) is 19.7 Å². The molecule has 3 heterocycles. The molecule has 1 atom stereocenters. The fourth-order valence-electron chi connectivity index (χ4n) is 4.91. The van der Waals surface area contributed by atoms with Crippen molar-refractivity contribution < 1.29 is 9.13 Å². The van der Waals surface area contributed by atoms with Gasteiger partial charge in [-0.05, 0) is 32.4 Å². The van der Waals surface area contributed by atoms with E-state index in [4.69, 9.17) is 4.74 Å². The van der Waals surface area contributed by atoms with Crippen LogP contribution in [0.4, 0.5) is 4.39 Å². The van der Waals surface area contributed by atoms with Crippen LogP contribution in [0.5, 0.6) is 0 Å². The SMILES string of the molecule is Cc1ccc(-c2c3c(=O)n(C)c(=O)n(C)c3c3n2C(C)(C)COC3c2ccccc2F)cc1. The van der Waals surface area contributed by atoms with Crippen molar-refractivity contribution in [1.82, 2.24) is 13.7 Å².